The highest BCUT2D eigenvalue weighted by Gasteiger charge is 2.52. The molecule has 2 amide bonds. The zero-order valence-electron chi connectivity index (χ0n) is 44.5. The highest BCUT2D eigenvalue weighted by Crippen LogP contribution is 2.43. The van der Waals surface area contributed by atoms with Crippen LogP contribution in [0.5, 0.6) is 0 Å². The fourth-order valence-corrected chi connectivity index (χ4v) is 7.72. The Morgan fingerprint density at radius 2 is 0.934 bits per heavy atom. The molecule has 2 aromatic carbocycles. The second-order valence-corrected chi connectivity index (χ2v) is 22.5. The predicted octanol–water partition coefficient (Wildman–Crippen LogP) is 11.1. The first-order valence-corrected chi connectivity index (χ1v) is 23.8. The van der Waals surface area contributed by atoms with Crippen LogP contribution in [0.3, 0.4) is 0 Å². The van der Waals surface area contributed by atoms with Crippen LogP contribution in [-0.2, 0) is 42.3 Å². The van der Waals surface area contributed by atoms with Crippen molar-refractivity contribution in [2.24, 2.45) is 0 Å². The number of fused-ring (bicyclic) bond motifs is 2. The monoisotopic (exact) mass is 1060 g/mol. The van der Waals surface area contributed by atoms with Gasteiger partial charge < -0.3 is 25.8 Å². The van der Waals surface area contributed by atoms with E-state index in [1.165, 1.54) is 12.7 Å². The van der Waals surface area contributed by atoms with E-state index in [1.807, 2.05) is 65.8 Å². The SMILES string of the molecule is CC(C)(C(=O)Nc1cc(C(C)(C)C(F)(F)F)no1)c1ccc(-c2nn(C(C)(C)C)c3ncnc(N)c23)cc1.CC(C)(C(=O)Nc1cc(C(C)(C)C(F)(F)F)on1)c1ccc(-c2nn(C(C)(C)C)c3ncnc(N)c23)cc1. The lowest BCUT2D eigenvalue weighted by Crippen LogP contribution is -2.36. The zero-order chi connectivity index (χ0) is 56.5. The number of aromatic nitrogens is 10. The van der Waals surface area contributed by atoms with Crippen molar-refractivity contribution in [1.82, 2.24) is 49.8 Å². The second-order valence-electron chi connectivity index (χ2n) is 22.5. The van der Waals surface area contributed by atoms with Crippen LogP contribution in [0, 0.1) is 0 Å². The van der Waals surface area contributed by atoms with E-state index in [9.17, 15) is 35.9 Å². The van der Waals surface area contributed by atoms with Crippen LogP contribution in [0.15, 0.2) is 82.4 Å². The van der Waals surface area contributed by atoms with E-state index in [2.05, 4.69) is 40.9 Å². The molecule has 6 heterocycles. The number of nitrogen functional groups attached to an aromatic ring is 2. The van der Waals surface area contributed by atoms with Gasteiger partial charge >= 0.3 is 12.4 Å². The van der Waals surface area contributed by atoms with Crippen LogP contribution in [0.25, 0.3) is 44.6 Å². The van der Waals surface area contributed by atoms with E-state index in [1.54, 1.807) is 61.3 Å². The van der Waals surface area contributed by atoms with Gasteiger partial charge in [-0.25, -0.2) is 29.3 Å². The van der Waals surface area contributed by atoms with Crippen molar-refractivity contribution in [3.05, 3.63) is 95.9 Å². The number of hydrogen-bond acceptors (Lipinski definition) is 14. The molecule has 0 fully saturated rings. The summed E-state index contributed by atoms with van der Waals surface area (Å²) >= 11 is 0. The average Bonchev–Trinajstić information content (AvgIpc) is 4.15. The molecule has 0 aliphatic heterocycles. The van der Waals surface area contributed by atoms with Crippen molar-refractivity contribution in [3.8, 4) is 22.5 Å². The van der Waals surface area contributed by atoms with E-state index < -0.39 is 51.6 Å². The van der Waals surface area contributed by atoms with Gasteiger partial charge in [0.15, 0.2) is 22.9 Å². The molecular weight excluding hydrogens is 999 g/mol. The second kappa shape index (κ2) is 19.0. The van der Waals surface area contributed by atoms with Crippen molar-refractivity contribution in [2.45, 2.75) is 142 Å². The number of nitrogens with one attached hydrogen (secondary N) is 2. The van der Waals surface area contributed by atoms with E-state index >= 15 is 0 Å². The first-order chi connectivity index (χ1) is 34.9. The predicted molar refractivity (Wildman–Crippen MR) is 275 cm³/mol. The third-order valence-electron chi connectivity index (χ3n) is 13.3. The van der Waals surface area contributed by atoms with Crippen molar-refractivity contribution < 1.29 is 45.0 Å². The lowest BCUT2D eigenvalue weighted by atomic mass is 9.83. The Hall–Kier alpha value is -7.92. The first-order valence-electron chi connectivity index (χ1n) is 23.8. The number of benzene rings is 2. The quantitative estimate of drug-likeness (QED) is 0.0930. The Balaban J connectivity index is 0.000000221. The normalized spacial score (nSPS) is 13.2. The fraction of sp³-hybridized carbons (Fsp3) is 0.423. The summed E-state index contributed by atoms with van der Waals surface area (Å²) in [7, 11) is 0. The van der Waals surface area contributed by atoms with Gasteiger partial charge in [0.05, 0.1) is 32.7 Å². The molecule has 404 valence electrons. The van der Waals surface area contributed by atoms with Gasteiger partial charge in [0.25, 0.3) is 0 Å². The molecule has 0 aliphatic carbocycles. The maximum Gasteiger partial charge on any atom is 0.401 e. The number of hydrogen-bond donors (Lipinski definition) is 4. The molecule has 0 saturated carbocycles. The summed E-state index contributed by atoms with van der Waals surface area (Å²) in [5, 5.41) is 23.0. The first kappa shape index (κ1) is 55.8. The molecule has 6 aromatic heterocycles. The van der Waals surface area contributed by atoms with E-state index in [4.69, 9.17) is 30.7 Å². The number of halogens is 6. The van der Waals surface area contributed by atoms with E-state index in [0.717, 1.165) is 51.0 Å². The lowest BCUT2D eigenvalue weighted by molar-refractivity contribution is -0.185. The summed E-state index contributed by atoms with van der Waals surface area (Å²) in [6, 6.07) is 16.6. The minimum atomic E-state index is -4.54. The van der Waals surface area contributed by atoms with Crippen LogP contribution >= 0.6 is 0 Å². The van der Waals surface area contributed by atoms with Crippen LogP contribution in [0.2, 0.25) is 0 Å². The number of carbonyl (C=O) groups excluding carboxylic acids is 2. The summed E-state index contributed by atoms with van der Waals surface area (Å²) in [6.45, 7) is 22.8. The molecular formula is C52H60F6N14O4. The Bertz CT molecular complexity index is 3220. The van der Waals surface area contributed by atoms with Crippen molar-refractivity contribution in [2.75, 3.05) is 22.1 Å². The smallest absolute Gasteiger partial charge is 0.383 e. The van der Waals surface area contributed by atoms with E-state index in [0.29, 0.717) is 56.2 Å². The number of carbonyl (C=O) groups is 2. The third kappa shape index (κ3) is 10.4. The van der Waals surface area contributed by atoms with Crippen LogP contribution in [0.1, 0.15) is 120 Å². The number of alkyl halides is 6. The standard InChI is InChI=1S/2C26H30F3N7O2/c1-23(2,3)36-21-18(20(30)31-13-32-21)19(34-36)14-8-10-15(11-9-14)24(4,5)22(37)33-17-12-16(38-35-17)25(6,7)26(27,28)29;1-23(2,3)36-21-18(20(30)31-13-32-21)19(34-36)14-8-10-15(11-9-14)24(4,5)22(37)33-17-12-16(35-38-17)25(6,7)26(27,28)29/h8-13H,1-7H3,(H2,30,31,32)(H,33,35,37);8-13H,1-7H3,(H,33,37)(H2,30,31,32). The third-order valence-corrected chi connectivity index (χ3v) is 13.3. The molecule has 8 rings (SSSR count). The molecule has 0 bridgehead atoms. The summed E-state index contributed by atoms with van der Waals surface area (Å²) < 4.78 is 93.5. The Morgan fingerprint density at radius 3 is 1.33 bits per heavy atom. The fourth-order valence-electron chi connectivity index (χ4n) is 7.72. The lowest BCUT2D eigenvalue weighted by Gasteiger charge is -2.24. The molecule has 8 aromatic rings. The Morgan fingerprint density at radius 1 is 0.526 bits per heavy atom. The highest BCUT2D eigenvalue weighted by atomic mass is 19.4. The number of nitrogens with zero attached hydrogens (tertiary/aromatic N) is 10. The molecule has 0 atom stereocenters. The topological polar surface area (TPSA) is 249 Å². The van der Waals surface area contributed by atoms with Gasteiger partial charge in [0.2, 0.25) is 17.7 Å². The van der Waals surface area contributed by atoms with Crippen molar-refractivity contribution >= 4 is 57.2 Å². The Labute approximate surface area is 433 Å². The minimum absolute atomic E-state index is 0.0957. The van der Waals surface area contributed by atoms with Gasteiger partial charge in [0, 0.05) is 23.3 Å². The van der Waals surface area contributed by atoms with E-state index in [-0.39, 0.29) is 28.5 Å². The summed E-state index contributed by atoms with van der Waals surface area (Å²) in [6.07, 6.45) is -6.27. The van der Waals surface area contributed by atoms with Crippen molar-refractivity contribution in [3.63, 3.8) is 0 Å². The number of rotatable bonds is 10. The summed E-state index contributed by atoms with van der Waals surface area (Å²) in [4.78, 5) is 43.2. The van der Waals surface area contributed by atoms with Crippen LogP contribution in [-0.4, -0.2) is 74.0 Å². The molecule has 0 spiro atoms. The van der Waals surface area contributed by atoms with Gasteiger partial charge in [-0.05, 0) is 108 Å². The maximum atomic E-state index is 13.3. The molecule has 76 heavy (non-hydrogen) atoms. The Kier molecular flexibility index (Phi) is 14.0. The summed E-state index contributed by atoms with van der Waals surface area (Å²) in [5.41, 5.74) is 10.0. The number of nitrogens with two attached hydrogens (primary N) is 2. The average molecular weight is 1060 g/mol. The van der Waals surface area contributed by atoms with Crippen LogP contribution < -0.4 is 22.1 Å². The van der Waals surface area contributed by atoms with Gasteiger partial charge in [-0.1, -0.05) is 58.8 Å². The largest absolute Gasteiger partial charge is 0.401 e. The van der Waals surface area contributed by atoms with Gasteiger partial charge in [-0.2, -0.15) is 36.5 Å². The van der Waals surface area contributed by atoms with Crippen LogP contribution in [0.4, 0.5) is 49.7 Å². The molecule has 24 heteroatoms. The van der Waals surface area contributed by atoms with Crippen molar-refractivity contribution in [1.29, 1.82) is 0 Å². The molecule has 0 unspecified atom stereocenters. The van der Waals surface area contributed by atoms with Gasteiger partial charge in [-0.3, -0.25) is 14.9 Å². The molecule has 0 radical (unpaired) electrons. The van der Waals surface area contributed by atoms with Gasteiger partial charge in [0.1, 0.15) is 52.2 Å². The number of anilines is 4. The molecule has 6 N–H and O–H groups in total. The molecule has 0 saturated heterocycles. The van der Waals surface area contributed by atoms with Gasteiger partial charge in [-0.15, -0.1) is 0 Å². The minimum Gasteiger partial charge on any atom is -0.383 e. The maximum absolute atomic E-state index is 13.3. The molecule has 18 nitrogen and oxygen atoms in total. The summed E-state index contributed by atoms with van der Waals surface area (Å²) in [5.74, 6) is -0.974. The number of amides is 2. The molecule has 0 aliphatic rings. The highest BCUT2D eigenvalue weighted by molar-refractivity contribution is 6.01. The zero-order valence-corrected chi connectivity index (χ0v) is 44.5.